The van der Waals surface area contributed by atoms with Crippen molar-refractivity contribution in [2.45, 2.75) is 62.4 Å². The fraction of sp³-hybridized carbons (Fsp3) is 0.435. The quantitative estimate of drug-likeness (QED) is 0.571. The number of benzene rings is 1. The molecule has 2 aromatic heterocycles. The highest BCUT2D eigenvalue weighted by atomic mass is 32.2. The van der Waals surface area contributed by atoms with E-state index in [1.54, 1.807) is 31.4 Å². The molecule has 33 heavy (non-hydrogen) atoms. The van der Waals surface area contributed by atoms with Gasteiger partial charge in [-0.3, -0.25) is 8.78 Å². The molecule has 1 fully saturated rings. The largest absolute Gasteiger partial charge is 0.768 e. The Labute approximate surface area is 195 Å². The van der Waals surface area contributed by atoms with E-state index in [4.69, 9.17) is 14.8 Å². The van der Waals surface area contributed by atoms with Crippen molar-refractivity contribution in [1.82, 2.24) is 14.5 Å². The van der Waals surface area contributed by atoms with E-state index in [2.05, 4.69) is 34.8 Å². The maximum atomic E-state index is 11.1. The number of anilines is 3. The lowest BCUT2D eigenvalue weighted by atomic mass is 9.80. The molecule has 9 nitrogen and oxygen atoms in total. The highest BCUT2D eigenvalue weighted by Gasteiger charge is 2.47. The van der Waals surface area contributed by atoms with Crippen LogP contribution in [0.3, 0.4) is 0 Å². The minimum atomic E-state index is -2.26. The van der Waals surface area contributed by atoms with Crippen LogP contribution in [0.4, 0.5) is 17.5 Å². The fourth-order valence-electron chi connectivity index (χ4n) is 4.93. The van der Waals surface area contributed by atoms with E-state index in [-0.39, 0.29) is 16.5 Å². The molecule has 3 aromatic rings. The lowest BCUT2D eigenvalue weighted by molar-refractivity contribution is 0.219. The molecule has 5 rings (SSSR count). The Morgan fingerprint density at radius 2 is 1.91 bits per heavy atom. The topological polar surface area (TPSA) is 108 Å². The van der Waals surface area contributed by atoms with Gasteiger partial charge in [0.2, 0.25) is 11.8 Å². The van der Waals surface area contributed by atoms with Gasteiger partial charge in [-0.05, 0) is 68.1 Å². The molecule has 2 aliphatic rings. The first kappa shape index (κ1) is 21.8. The van der Waals surface area contributed by atoms with Gasteiger partial charge in [0.15, 0.2) is 0 Å². The van der Waals surface area contributed by atoms with Gasteiger partial charge in [0.1, 0.15) is 17.0 Å². The first-order chi connectivity index (χ1) is 15.9. The van der Waals surface area contributed by atoms with Gasteiger partial charge in [0, 0.05) is 28.2 Å². The average molecular weight is 468 g/mol. The van der Waals surface area contributed by atoms with Gasteiger partial charge in [-0.25, -0.2) is 9.99 Å². The molecule has 1 aromatic carbocycles. The van der Waals surface area contributed by atoms with E-state index in [1.807, 2.05) is 11.2 Å². The van der Waals surface area contributed by atoms with Gasteiger partial charge < -0.3 is 14.6 Å². The molecule has 0 amide bonds. The number of nitrogens with one attached hydrogen (secondary N) is 1. The van der Waals surface area contributed by atoms with Crippen LogP contribution in [-0.2, 0) is 21.4 Å². The van der Waals surface area contributed by atoms with Crippen LogP contribution in [0.2, 0.25) is 0 Å². The number of hydrazone groups is 1. The number of hydrogen-bond donors (Lipinski definition) is 1. The van der Waals surface area contributed by atoms with Crippen LogP contribution in [0.5, 0.6) is 0 Å². The first-order valence-electron chi connectivity index (χ1n) is 11.2. The predicted octanol–water partition coefficient (Wildman–Crippen LogP) is 4.26. The number of hydrogen-bond acceptors (Lipinski definition) is 8. The summed E-state index contributed by atoms with van der Waals surface area (Å²) < 4.78 is 30.4. The summed E-state index contributed by atoms with van der Waals surface area (Å²) in [4.78, 5) is 9.63. The highest BCUT2D eigenvalue weighted by molar-refractivity contribution is 7.79. The zero-order valence-corrected chi connectivity index (χ0v) is 19.8. The minimum absolute atomic E-state index is 0.148. The Bertz CT molecular complexity index is 1230. The molecule has 1 unspecified atom stereocenters. The maximum absolute atomic E-state index is 11.1. The molecule has 1 spiro atoms. The van der Waals surface area contributed by atoms with Crippen molar-refractivity contribution < 1.29 is 13.5 Å². The fourth-order valence-corrected chi connectivity index (χ4v) is 5.29. The number of nitrogens with zero attached hydrogens (tertiary/aromatic N) is 5. The molecule has 0 saturated heterocycles. The highest BCUT2D eigenvalue weighted by Crippen LogP contribution is 2.45. The second-order valence-electron chi connectivity index (χ2n) is 8.83. The van der Waals surface area contributed by atoms with Crippen molar-refractivity contribution in [1.29, 1.82) is 0 Å². The van der Waals surface area contributed by atoms with Gasteiger partial charge in [-0.15, -0.1) is 5.10 Å². The van der Waals surface area contributed by atoms with Gasteiger partial charge >= 0.3 is 0 Å². The molecule has 1 N–H and O–H groups in total. The Morgan fingerprint density at radius 1 is 1.18 bits per heavy atom. The molecule has 1 saturated carbocycles. The third-order valence-electron chi connectivity index (χ3n) is 6.45. The summed E-state index contributed by atoms with van der Waals surface area (Å²) in [6.07, 6.45) is 7.12. The van der Waals surface area contributed by atoms with Crippen LogP contribution in [0.25, 0.3) is 11.0 Å². The number of rotatable bonds is 4. The van der Waals surface area contributed by atoms with E-state index < -0.39 is 11.1 Å². The number of fused-ring (bicyclic) bond motifs is 4. The van der Waals surface area contributed by atoms with Crippen molar-refractivity contribution in [3.63, 3.8) is 0 Å². The first-order valence-corrected chi connectivity index (χ1v) is 12.3. The van der Waals surface area contributed by atoms with Crippen LogP contribution in [-0.4, -0.2) is 42.3 Å². The minimum Gasteiger partial charge on any atom is -0.768 e. The van der Waals surface area contributed by atoms with Gasteiger partial charge in [-0.1, -0.05) is 19.3 Å². The normalized spacial score (nSPS) is 18.3. The zero-order valence-electron chi connectivity index (χ0n) is 18.9. The number of aromatic nitrogens is 3. The summed E-state index contributed by atoms with van der Waals surface area (Å²) in [7, 11) is 1.70. The molecule has 10 heteroatoms. The van der Waals surface area contributed by atoms with Crippen molar-refractivity contribution in [2.24, 2.45) is 5.10 Å². The summed E-state index contributed by atoms with van der Waals surface area (Å²) in [6.45, 7) is 4.21. The van der Waals surface area contributed by atoms with Crippen LogP contribution in [0, 0.1) is 0 Å². The van der Waals surface area contributed by atoms with Crippen LogP contribution < -0.4 is 10.3 Å². The molecule has 3 heterocycles. The molecule has 1 aliphatic heterocycles. The number of methoxy groups -OCH3 is 1. The molecule has 1 atom stereocenters. The summed E-state index contributed by atoms with van der Waals surface area (Å²) in [5, 5.41) is 11.1. The Hall–Kier alpha value is -2.98. The van der Waals surface area contributed by atoms with E-state index in [1.165, 1.54) is 6.42 Å². The summed E-state index contributed by atoms with van der Waals surface area (Å²) in [5.41, 5.74) is 1.18. The van der Waals surface area contributed by atoms with E-state index in [9.17, 15) is 8.76 Å². The molecular weight excluding hydrogens is 440 g/mol. The molecule has 0 bridgehead atoms. The lowest BCUT2D eigenvalue weighted by Gasteiger charge is -2.44. The van der Waals surface area contributed by atoms with Crippen molar-refractivity contribution in [2.75, 3.05) is 17.4 Å². The van der Waals surface area contributed by atoms with E-state index in [0.29, 0.717) is 11.6 Å². The second kappa shape index (κ2) is 8.42. The molecule has 1 aliphatic carbocycles. The molecular formula is C23H27N6O3S-. The predicted molar refractivity (Wildman–Crippen MR) is 128 cm³/mol. The standard InChI is InChI=1S/C23H28N6O3S/c1-15(2)29-19-13-16-14-24-22(25-17-7-9-18(10-8-17)33(30)31)26-20(16)28(19)23(21(27-29)32-3)11-5-4-6-12-23/h7-10,13-15H,4-6,11-12H2,1-3H3,(H,30,31)(H,24,25,26)/p-1. The zero-order chi connectivity index (χ0) is 23.2. The van der Waals surface area contributed by atoms with Crippen molar-refractivity contribution in [3.8, 4) is 0 Å². The maximum Gasteiger partial charge on any atom is 0.232 e. The Balaban J connectivity index is 1.62. The summed E-state index contributed by atoms with van der Waals surface area (Å²) >= 11 is -2.26. The van der Waals surface area contributed by atoms with Gasteiger partial charge in [-0.2, -0.15) is 4.98 Å². The summed E-state index contributed by atoms with van der Waals surface area (Å²) in [5.74, 6) is 2.18. The SMILES string of the molecule is COC1=NN(C(C)C)c2cc3cnc(Nc4ccc(S(=O)[O-])cc4)nc3n2C12CCCCC2. The summed E-state index contributed by atoms with van der Waals surface area (Å²) in [6, 6.07) is 8.74. The van der Waals surface area contributed by atoms with Gasteiger partial charge in [0.05, 0.1) is 7.11 Å². The van der Waals surface area contributed by atoms with Crippen LogP contribution >= 0.6 is 0 Å². The Morgan fingerprint density at radius 3 is 2.55 bits per heavy atom. The monoisotopic (exact) mass is 467 g/mol. The Kier molecular flexibility index (Phi) is 5.57. The molecule has 0 radical (unpaired) electrons. The van der Waals surface area contributed by atoms with E-state index in [0.717, 1.165) is 48.4 Å². The molecule has 174 valence electrons. The number of ether oxygens (including phenoxy) is 1. The smallest absolute Gasteiger partial charge is 0.232 e. The van der Waals surface area contributed by atoms with Crippen LogP contribution in [0.15, 0.2) is 46.5 Å². The van der Waals surface area contributed by atoms with E-state index >= 15 is 0 Å². The third kappa shape index (κ3) is 3.67. The third-order valence-corrected chi connectivity index (χ3v) is 7.10. The van der Waals surface area contributed by atoms with Crippen LogP contribution in [0.1, 0.15) is 46.0 Å². The lowest BCUT2D eigenvalue weighted by Crippen LogP contribution is -2.50. The van der Waals surface area contributed by atoms with Gasteiger partial charge in [0.25, 0.3) is 0 Å². The second-order valence-corrected chi connectivity index (χ2v) is 9.78. The average Bonchev–Trinajstić information content (AvgIpc) is 3.20. The van der Waals surface area contributed by atoms with Crippen molar-refractivity contribution >= 4 is 45.5 Å². The van der Waals surface area contributed by atoms with Crippen molar-refractivity contribution in [3.05, 3.63) is 36.5 Å².